The largest absolute Gasteiger partial charge is 0.480 e. The van der Waals surface area contributed by atoms with Gasteiger partial charge in [0, 0.05) is 12.1 Å². The number of carboxylic acid groups (broad SMARTS) is 1. The van der Waals surface area contributed by atoms with Gasteiger partial charge in [-0.25, -0.2) is 0 Å². The van der Waals surface area contributed by atoms with Gasteiger partial charge in [-0.15, -0.1) is 0 Å². The van der Waals surface area contributed by atoms with Gasteiger partial charge in [0.05, 0.1) is 4.92 Å². The fourth-order valence-corrected chi connectivity index (χ4v) is 2.28. The predicted octanol–water partition coefficient (Wildman–Crippen LogP) is 2.31. The third-order valence-corrected chi connectivity index (χ3v) is 3.85. The van der Waals surface area contributed by atoms with Crippen molar-refractivity contribution in [3.8, 4) is 0 Å². The second-order valence-corrected chi connectivity index (χ2v) is 6.28. The Balaban J connectivity index is 2.31. The summed E-state index contributed by atoms with van der Waals surface area (Å²) in [4.78, 5) is 45.8. The fraction of sp³-hybridized carbons (Fsp3) is 0.118. The van der Waals surface area contributed by atoms with Gasteiger partial charge < -0.3 is 20.2 Å². The molecule has 0 fully saturated rings. The van der Waals surface area contributed by atoms with Crippen molar-refractivity contribution >= 4 is 45.5 Å². The number of carbonyl (C=O) groups is 3. The van der Waals surface area contributed by atoms with E-state index in [1.807, 2.05) is 0 Å². The first-order chi connectivity index (χ1) is 13.2. The molecule has 0 unspecified atom stereocenters. The van der Waals surface area contributed by atoms with Crippen LogP contribution in [0.2, 0.25) is 0 Å². The molecule has 0 bridgehead atoms. The van der Waals surface area contributed by atoms with Gasteiger partial charge in [-0.2, -0.15) is 0 Å². The molecule has 2 aromatic rings. The van der Waals surface area contributed by atoms with E-state index in [0.29, 0.717) is 10.2 Å². The summed E-state index contributed by atoms with van der Waals surface area (Å²) in [5, 5.41) is 24.2. The molecule has 0 spiro atoms. The zero-order chi connectivity index (χ0) is 20.8. The molecule has 0 aliphatic heterocycles. The Bertz CT molecular complexity index is 950. The number of non-ortho nitro benzene ring substituents is 1. The Morgan fingerprint density at radius 1 is 1.21 bits per heavy atom. The zero-order valence-electron chi connectivity index (χ0n) is 14.3. The zero-order valence-corrected chi connectivity index (χ0v) is 15.9. The molecular formula is C17H14BrN3O7. The smallest absolute Gasteiger partial charge is 0.325 e. The topological polar surface area (TPSA) is 152 Å². The van der Waals surface area contributed by atoms with Crippen LogP contribution in [-0.4, -0.2) is 33.9 Å². The number of furan rings is 1. The van der Waals surface area contributed by atoms with Crippen LogP contribution in [0.4, 0.5) is 5.69 Å². The van der Waals surface area contributed by atoms with E-state index in [4.69, 9.17) is 9.52 Å². The molecule has 0 saturated heterocycles. The maximum Gasteiger partial charge on any atom is 0.325 e. The normalized spacial score (nSPS) is 12.1. The number of nitro groups is 1. The molecule has 0 aliphatic carbocycles. The number of nitrogens with one attached hydrogen (secondary N) is 2. The number of rotatable bonds is 7. The summed E-state index contributed by atoms with van der Waals surface area (Å²) in [6.07, 6.45) is 1.25. The number of amides is 2. The summed E-state index contributed by atoms with van der Waals surface area (Å²) in [6, 6.07) is 6.87. The van der Waals surface area contributed by atoms with Crippen molar-refractivity contribution in [3.63, 3.8) is 0 Å². The first-order valence-electron chi connectivity index (χ1n) is 7.74. The lowest BCUT2D eigenvalue weighted by Crippen LogP contribution is -2.42. The summed E-state index contributed by atoms with van der Waals surface area (Å²) in [5.74, 6) is -2.94. The average Bonchev–Trinajstić information content (AvgIpc) is 3.07. The molecule has 0 aliphatic rings. The number of hydrogen-bond donors (Lipinski definition) is 3. The Morgan fingerprint density at radius 3 is 2.36 bits per heavy atom. The number of hydrogen-bond acceptors (Lipinski definition) is 6. The van der Waals surface area contributed by atoms with Crippen LogP contribution in [0.1, 0.15) is 23.0 Å². The van der Waals surface area contributed by atoms with Crippen LogP contribution in [0.25, 0.3) is 6.08 Å². The lowest BCUT2D eigenvalue weighted by molar-refractivity contribution is -0.384. The molecule has 2 amide bonds. The third-order valence-electron chi connectivity index (χ3n) is 3.42. The molecule has 2 rings (SSSR count). The molecule has 1 heterocycles. The molecule has 0 saturated carbocycles. The minimum atomic E-state index is -1.26. The van der Waals surface area contributed by atoms with Crippen molar-refractivity contribution < 1.29 is 28.8 Å². The van der Waals surface area contributed by atoms with Gasteiger partial charge >= 0.3 is 5.97 Å². The molecule has 3 N–H and O–H groups in total. The molecule has 0 radical (unpaired) electrons. The van der Waals surface area contributed by atoms with E-state index in [2.05, 4.69) is 26.6 Å². The van der Waals surface area contributed by atoms with E-state index in [1.54, 1.807) is 0 Å². The second kappa shape index (κ2) is 8.95. The van der Waals surface area contributed by atoms with Crippen LogP contribution >= 0.6 is 15.9 Å². The number of nitrogens with zero attached hydrogens (tertiary/aromatic N) is 1. The van der Waals surface area contributed by atoms with Crippen LogP contribution in [0, 0.1) is 10.1 Å². The molecule has 1 aromatic carbocycles. The fourth-order valence-electron chi connectivity index (χ4n) is 1.97. The maximum absolute atomic E-state index is 12.4. The highest BCUT2D eigenvalue weighted by Crippen LogP contribution is 2.16. The van der Waals surface area contributed by atoms with Gasteiger partial charge in [0.25, 0.3) is 17.5 Å². The number of carboxylic acids is 1. The van der Waals surface area contributed by atoms with E-state index in [9.17, 15) is 24.5 Å². The summed E-state index contributed by atoms with van der Waals surface area (Å²) in [7, 11) is 0. The van der Waals surface area contributed by atoms with Gasteiger partial charge in [0.15, 0.2) is 10.4 Å². The standard InChI is InChI=1S/C17H14BrN3O7/c1-9(17(24)25)19-15(22)12(20-16(23)13-6-7-14(18)28-13)8-10-2-4-11(5-3-10)21(26)27/h2-9H,1H3,(H,19,22)(H,20,23)(H,24,25)/b12-8-/t9-/m1/s1. The summed E-state index contributed by atoms with van der Waals surface area (Å²) in [6.45, 7) is 1.26. The van der Waals surface area contributed by atoms with E-state index in [0.717, 1.165) is 0 Å². The van der Waals surface area contributed by atoms with Crippen LogP contribution in [0.3, 0.4) is 0 Å². The monoisotopic (exact) mass is 451 g/mol. The van der Waals surface area contributed by atoms with E-state index >= 15 is 0 Å². The highest BCUT2D eigenvalue weighted by atomic mass is 79.9. The number of benzene rings is 1. The van der Waals surface area contributed by atoms with Crippen molar-refractivity contribution in [3.05, 3.63) is 68.2 Å². The van der Waals surface area contributed by atoms with Crippen molar-refractivity contribution in [1.82, 2.24) is 10.6 Å². The number of aliphatic carboxylic acids is 1. The predicted molar refractivity (Wildman–Crippen MR) is 100 cm³/mol. The minimum Gasteiger partial charge on any atom is -0.480 e. The van der Waals surface area contributed by atoms with E-state index < -0.39 is 28.7 Å². The van der Waals surface area contributed by atoms with E-state index in [1.165, 1.54) is 49.4 Å². The summed E-state index contributed by atoms with van der Waals surface area (Å²) < 4.78 is 5.42. The first-order valence-corrected chi connectivity index (χ1v) is 8.53. The molecule has 28 heavy (non-hydrogen) atoms. The van der Waals surface area contributed by atoms with Crippen molar-refractivity contribution in [2.75, 3.05) is 0 Å². The van der Waals surface area contributed by atoms with Gasteiger partial charge in [-0.1, -0.05) is 0 Å². The first kappa shape index (κ1) is 20.8. The van der Waals surface area contributed by atoms with E-state index in [-0.39, 0.29) is 17.1 Å². The van der Waals surface area contributed by atoms with Crippen molar-refractivity contribution in [1.29, 1.82) is 0 Å². The van der Waals surface area contributed by atoms with Crippen LogP contribution in [0.15, 0.2) is 51.2 Å². The van der Waals surface area contributed by atoms with Crippen molar-refractivity contribution in [2.45, 2.75) is 13.0 Å². The Hall–Kier alpha value is -3.47. The summed E-state index contributed by atoms with van der Waals surface area (Å²) in [5.41, 5.74) is -0.0359. The molecule has 10 nitrogen and oxygen atoms in total. The van der Waals surface area contributed by atoms with Crippen LogP contribution in [-0.2, 0) is 9.59 Å². The minimum absolute atomic E-state index is 0.0828. The van der Waals surface area contributed by atoms with Gasteiger partial charge in [0.1, 0.15) is 11.7 Å². The molecular weight excluding hydrogens is 438 g/mol. The third kappa shape index (κ3) is 5.51. The Morgan fingerprint density at radius 2 is 1.86 bits per heavy atom. The number of carbonyl (C=O) groups excluding carboxylic acids is 2. The number of nitro benzene ring substituents is 1. The highest BCUT2D eigenvalue weighted by molar-refractivity contribution is 9.10. The quantitative estimate of drug-likeness (QED) is 0.331. The van der Waals surface area contributed by atoms with Crippen LogP contribution in [0.5, 0.6) is 0 Å². The molecule has 146 valence electrons. The lowest BCUT2D eigenvalue weighted by atomic mass is 10.1. The Kier molecular flexibility index (Phi) is 6.66. The highest BCUT2D eigenvalue weighted by Gasteiger charge is 2.21. The molecule has 11 heteroatoms. The molecule has 1 atom stereocenters. The SMILES string of the molecule is C[C@@H](NC(=O)/C(=C/c1ccc([N+](=O)[O-])cc1)NC(=O)c1ccc(Br)o1)C(=O)O. The molecule has 1 aromatic heterocycles. The lowest BCUT2D eigenvalue weighted by Gasteiger charge is -2.13. The second-order valence-electron chi connectivity index (χ2n) is 5.50. The average molecular weight is 452 g/mol. The van der Waals surface area contributed by atoms with Gasteiger partial charge in [-0.05, 0) is 58.8 Å². The summed E-state index contributed by atoms with van der Waals surface area (Å²) >= 11 is 3.06. The van der Waals surface area contributed by atoms with Crippen LogP contribution < -0.4 is 10.6 Å². The number of halogens is 1. The van der Waals surface area contributed by atoms with Gasteiger partial charge in [0.2, 0.25) is 0 Å². The van der Waals surface area contributed by atoms with Crippen molar-refractivity contribution in [2.24, 2.45) is 0 Å². The van der Waals surface area contributed by atoms with Gasteiger partial charge in [-0.3, -0.25) is 24.5 Å². The Labute approximate surface area is 166 Å². The maximum atomic E-state index is 12.4.